The summed E-state index contributed by atoms with van der Waals surface area (Å²) in [6.07, 6.45) is 10.7. The minimum atomic E-state index is -0.0833. The van der Waals surface area contributed by atoms with Crippen LogP contribution in [0.2, 0.25) is 0 Å². The SMILES string of the molecule is CCCCCCCNC(=S)C1(c2ccccn2)CCCS1. The molecule has 1 aliphatic heterocycles. The smallest absolute Gasteiger partial charge is 0.108 e. The third-order valence-electron chi connectivity index (χ3n) is 4.03. The lowest BCUT2D eigenvalue weighted by atomic mass is 9.98. The lowest BCUT2D eigenvalue weighted by Gasteiger charge is -2.29. The molecule has 4 heteroatoms. The van der Waals surface area contributed by atoms with Gasteiger partial charge in [-0.25, -0.2) is 0 Å². The molecule has 0 bridgehead atoms. The largest absolute Gasteiger partial charge is 0.378 e. The summed E-state index contributed by atoms with van der Waals surface area (Å²) in [5, 5.41) is 3.51. The summed E-state index contributed by atoms with van der Waals surface area (Å²) in [7, 11) is 0. The Labute approximate surface area is 138 Å². The van der Waals surface area contributed by atoms with Gasteiger partial charge in [0, 0.05) is 12.7 Å². The average molecular weight is 323 g/mol. The molecule has 2 heterocycles. The molecule has 1 N–H and O–H groups in total. The molecule has 0 spiro atoms. The first-order valence-electron chi connectivity index (χ1n) is 8.13. The number of rotatable bonds is 8. The van der Waals surface area contributed by atoms with E-state index < -0.39 is 0 Å². The van der Waals surface area contributed by atoms with Crippen molar-refractivity contribution in [1.29, 1.82) is 0 Å². The lowest BCUT2D eigenvalue weighted by Crippen LogP contribution is -2.40. The van der Waals surface area contributed by atoms with Crippen molar-refractivity contribution in [2.24, 2.45) is 0 Å². The van der Waals surface area contributed by atoms with Crippen LogP contribution in [0, 0.1) is 0 Å². The molecule has 1 aromatic heterocycles. The maximum atomic E-state index is 5.74. The molecule has 2 nitrogen and oxygen atoms in total. The molecule has 1 unspecified atom stereocenters. The fourth-order valence-corrected chi connectivity index (χ4v) is 4.70. The molecule has 1 atom stereocenters. The van der Waals surface area contributed by atoms with Crippen LogP contribution in [-0.2, 0) is 4.75 Å². The first-order valence-corrected chi connectivity index (χ1v) is 9.53. The van der Waals surface area contributed by atoms with Gasteiger partial charge in [-0.15, -0.1) is 11.8 Å². The normalized spacial score (nSPS) is 21.4. The van der Waals surface area contributed by atoms with Crippen molar-refractivity contribution in [1.82, 2.24) is 10.3 Å². The van der Waals surface area contributed by atoms with Gasteiger partial charge in [-0.05, 0) is 37.1 Å². The second-order valence-corrected chi connectivity index (χ2v) is 7.47. The van der Waals surface area contributed by atoms with Crippen molar-refractivity contribution in [2.75, 3.05) is 12.3 Å². The molecule has 0 radical (unpaired) electrons. The van der Waals surface area contributed by atoms with Crippen molar-refractivity contribution in [2.45, 2.75) is 56.6 Å². The van der Waals surface area contributed by atoms with Crippen LogP contribution in [0.5, 0.6) is 0 Å². The quantitative estimate of drug-likeness (QED) is 0.554. The minimum absolute atomic E-state index is 0.0833. The van der Waals surface area contributed by atoms with E-state index in [9.17, 15) is 0 Å². The van der Waals surface area contributed by atoms with Crippen molar-refractivity contribution in [3.05, 3.63) is 30.1 Å². The predicted octanol–water partition coefficient (Wildman–Crippen LogP) is 4.69. The van der Waals surface area contributed by atoms with Gasteiger partial charge < -0.3 is 5.32 Å². The highest BCUT2D eigenvalue weighted by Gasteiger charge is 2.41. The first-order chi connectivity index (χ1) is 10.3. The molecule has 2 rings (SSSR count). The topological polar surface area (TPSA) is 24.9 Å². The van der Waals surface area contributed by atoms with E-state index in [1.165, 1.54) is 44.3 Å². The van der Waals surface area contributed by atoms with E-state index in [4.69, 9.17) is 12.2 Å². The Hall–Kier alpha value is -0.610. The van der Waals surface area contributed by atoms with Crippen LogP contribution < -0.4 is 5.32 Å². The summed E-state index contributed by atoms with van der Waals surface area (Å²) in [4.78, 5) is 5.56. The maximum absolute atomic E-state index is 5.74. The highest BCUT2D eigenvalue weighted by atomic mass is 32.2. The van der Waals surface area contributed by atoms with Crippen LogP contribution in [0.15, 0.2) is 24.4 Å². The summed E-state index contributed by atoms with van der Waals surface area (Å²) < 4.78 is -0.0833. The second kappa shape index (κ2) is 8.74. The number of nitrogens with zero attached hydrogens (tertiary/aromatic N) is 1. The maximum Gasteiger partial charge on any atom is 0.108 e. The summed E-state index contributed by atoms with van der Waals surface area (Å²) >= 11 is 7.69. The lowest BCUT2D eigenvalue weighted by molar-refractivity contribution is 0.616. The average Bonchev–Trinajstić information content (AvgIpc) is 3.02. The molecule has 1 aliphatic rings. The number of pyridine rings is 1. The van der Waals surface area contributed by atoms with Crippen LogP contribution in [0.1, 0.15) is 57.6 Å². The summed E-state index contributed by atoms with van der Waals surface area (Å²) in [5.74, 6) is 1.18. The highest BCUT2D eigenvalue weighted by Crippen LogP contribution is 2.46. The van der Waals surface area contributed by atoms with Gasteiger partial charge in [0.25, 0.3) is 0 Å². The molecular weight excluding hydrogens is 296 g/mol. The molecule has 1 fully saturated rings. The summed E-state index contributed by atoms with van der Waals surface area (Å²) in [6, 6.07) is 6.16. The van der Waals surface area contributed by atoms with E-state index in [0.717, 1.165) is 23.6 Å². The molecular formula is C17H26N2S2. The number of unbranched alkanes of at least 4 members (excludes halogenated alkanes) is 4. The van der Waals surface area contributed by atoms with Crippen LogP contribution >= 0.6 is 24.0 Å². The second-order valence-electron chi connectivity index (χ2n) is 5.66. The molecule has 0 aromatic carbocycles. The van der Waals surface area contributed by atoms with E-state index in [0.29, 0.717) is 0 Å². The van der Waals surface area contributed by atoms with E-state index in [-0.39, 0.29) is 4.75 Å². The minimum Gasteiger partial charge on any atom is -0.378 e. The molecule has 21 heavy (non-hydrogen) atoms. The van der Waals surface area contributed by atoms with Gasteiger partial charge in [0.05, 0.1) is 10.7 Å². The predicted molar refractivity (Wildman–Crippen MR) is 97.0 cm³/mol. The number of thioether (sulfide) groups is 1. The van der Waals surface area contributed by atoms with Crippen molar-refractivity contribution in [3.63, 3.8) is 0 Å². The number of hydrogen-bond acceptors (Lipinski definition) is 3. The number of thiocarbonyl (C=S) groups is 1. The van der Waals surface area contributed by atoms with Crippen molar-refractivity contribution >= 4 is 29.0 Å². The Morgan fingerprint density at radius 3 is 2.86 bits per heavy atom. The Balaban J connectivity index is 1.88. The molecule has 116 valence electrons. The molecule has 1 saturated heterocycles. The van der Waals surface area contributed by atoms with Gasteiger partial charge in [0.15, 0.2) is 0 Å². The molecule has 1 aromatic rings. The first kappa shape index (κ1) is 16.8. The number of aromatic nitrogens is 1. The Bertz CT molecular complexity index is 428. The van der Waals surface area contributed by atoms with Crippen LogP contribution in [0.25, 0.3) is 0 Å². The Morgan fingerprint density at radius 1 is 1.33 bits per heavy atom. The Morgan fingerprint density at radius 2 is 2.19 bits per heavy atom. The zero-order chi connectivity index (χ0) is 15.0. The van der Waals surface area contributed by atoms with Gasteiger partial charge in [0.1, 0.15) is 4.75 Å². The van der Waals surface area contributed by atoms with E-state index >= 15 is 0 Å². The van der Waals surface area contributed by atoms with Gasteiger partial charge in [-0.3, -0.25) is 4.98 Å². The summed E-state index contributed by atoms with van der Waals surface area (Å²) in [6.45, 7) is 3.25. The fraction of sp³-hybridized carbons (Fsp3) is 0.647. The van der Waals surface area contributed by atoms with E-state index in [1.54, 1.807) is 0 Å². The highest BCUT2D eigenvalue weighted by molar-refractivity contribution is 8.02. The Kier molecular flexibility index (Phi) is 6.97. The standard InChI is InChI=1S/C17H26N2S2/c1-2-3-4-5-7-13-19-16(20)17(11-9-14-21-17)15-10-6-8-12-18-15/h6,8,10,12H,2-5,7,9,11,13-14H2,1H3,(H,19,20). The van der Waals surface area contributed by atoms with E-state index in [1.807, 2.05) is 24.0 Å². The van der Waals surface area contributed by atoms with Gasteiger partial charge in [-0.2, -0.15) is 0 Å². The molecule has 0 aliphatic carbocycles. The van der Waals surface area contributed by atoms with Crippen LogP contribution in [0.4, 0.5) is 0 Å². The zero-order valence-corrected chi connectivity index (χ0v) is 14.6. The summed E-state index contributed by atoms with van der Waals surface area (Å²) in [5.41, 5.74) is 1.12. The number of hydrogen-bond donors (Lipinski definition) is 1. The third kappa shape index (κ3) is 4.43. The van der Waals surface area contributed by atoms with Crippen LogP contribution in [0.3, 0.4) is 0 Å². The molecule has 0 amide bonds. The van der Waals surface area contributed by atoms with Gasteiger partial charge >= 0.3 is 0 Å². The molecule has 0 saturated carbocycles. The van der Waals surface area contributed by atoms with Crippen molar-refractivity contribution < 1.29 is 0 Å². The van der Waals surface area contributed by atoms with Gasteiger partial charge in [0.2, 0.25) is 0 Å². The fourth-order valence-electron chi connectivity index (χ4n) is 2.81. The van der Waals surface area contributed by atoms with Crippen molar-refractivity contribution in [3.8, 4) is 0 Å². The van der Waals surface area contributed by atoms with E-state index in [2.05, 4.69) is 29.4 Å². The zero-order valence-electron chi connectivity index (χ0n) is 12.9. The monoisotopic (exact) mass is 322 g/mol. The number of nitrogens with one attached hydrogen (secondary N) is 1. The van der Waals surface area contributed by atoms with Gasteiger partial charge in [-0.1, -0.05) is 50.9 Å². The third-order valence-corrected chi connectivity index (χ3v) is 6.26. The van der Waals surface area contributed by atoms with Crippen LogP contribution in [-0.4, -0.2) is 22.3 Å².